The molecule has 0 aliphatic heterocycles. The van der Waals surface area contributed by atoms with E-state index in [2.05, 4.69) is 15.0 Å². The van der Waals surface area contributed by atoms with Crippen LogP contribution < -0.4 is 4.48 Å². The van der Waals surface area contributed by atoms with Crippen molar-refractivity contribution in [3.63, 3.8) is 0 Å². The predicted molar refractivity (Wildman–Crippen MR) is 138 cm³/mol. The third-order valence-corrected chi connectivity index (χ3v) is 9.70. The molecule has 0 aliphatic rings. The van der Waals surface area contributed by atoms with E-state index in [4.69, 9.17) is 44.3 Å². The summed E-state index contributed by atoms with van der Waals surface area (Å²) in [6, 6.07) is 5.62. The number of imidazole rings is 1. The van der Waals surface area contributed by atoms with Crippen LogP contribution >= 0.6 is 66.2 Å². The van der Waals surface area contributed by atoms with Crippen molar-refractivity contribution in [1.29, 1.82) is 0 Å². The van der Waals surface area contributed by atoms with Crippen molar-refractivity contribution in [2.75, 3.05) is 11.8 Å². The van der Waals surface area contributed by atoms with E-state index in [9.17, 15) is 9.46 Å². The van der Waals surface area contributed by atoms with Gasteiger partial charge < -0.3 is 0 Å². The number of hydrogen-bond acceptors (Lipinski definition) is 8. The minimum atomic E-state index is -3.21. The van der Waals surface area contributed by atoms with Crippen molar-refractivity contribution < 1.29 is 14.0 Å². The van der Waals surface area contributed by atoms with E-state index in [1.165, 1.54) is 46.3 Å². The predicted octanol–water partition coefficient (Wildman–Crippen LogP) is 3.89. The second-order valence-electron chi connectivity index (χ2n) is 7.02. The maximum atomic E-state index is 11.5. The van der Waals surface area contributed by atoms with Crippen LogP contribution in [-0.2, 0) is 15.6 Å². The molecule has 0 fully saturated rings. The van der Waals surface area contributed by atoms with Crippen LogP contribution in [0.15, 0.2) is 34.0 Å². The number of alkyl halides is 2. The molecule has 0 amide bonds. The molecular formula is C18H18AsCl3N5O3PS2. The molecule has 0 saturated heterocycles. The number of aromatic nitrogens is 5. The number of aryl methyl sites for hydroxylation is 1. The number of thiazole rings is 1. The zero-order valence-electron chi connectivity index (χ0n) is 16.9. The Kier molecular flexibility index (Phi) is 8.64. The molecule has 15 heteroatoms. The number of fused-ring (bicyclic) bond motifs is 2. The van der Waals surface area contributed by atoms with Crippen molar-refractivity contribution in [3.8, 4) is 0 Å². The van der Waals surface area contributed by atoms with E-state index in [-0.39, 0.29) is 11.8 Å². The van der Waals surface area contributed by atoms with Gasteiger partial charge >= 0.3 is 223 Å². The summed E-state index contributed by atoms with van der Waals surface area (Å²) in [5.41, 5.74) is 1.14. The van der Waals surface area contributed by atoms with Crippen molar-refractivity contribution in [1.82, 2.24) is 24.5 Å². The summed E-state index contributed by atoms with van der Waals surface area (Å²) in [6.45, 7) is 0.396. The third-order valence-electron chi connectivity index (χ3n) is 4.94. The van der Waals surface area contributed by atoms with Gasteiger partial charge in [-0.1, -0.05) is 0 Å². The fourth-order valence-electron chi connectivity index (χ4n) is 3.29. The van der Waals surface area contributed by atoms with Gasteiger partial charge in [0.2, 0.25) is 0 Å². The van der Waals surface area contributed by atoms with E-state index in [1.54, 1.807) is 0 Å². The van der Waals surface area contributed by atoms with Crippen LogP contribution in [0, 0.1) is 0 Å². The zero-order chi connectivity index (χ0) is 23.6. The summed E-state index contributed by atoms with van der Waals surface area (Å²) in [5.74, 6) is 0.268. The van der Waals surface area contributed by atoms with Crippen molar-refractivity contribution in [2.24, 2.45) is 0 Å². The number of hydrogen-bond donors (Lipinski definition) is 1. The molecule has 1 aromatic carbocycles. The average Bonchev–Trinajstić information content (AvgIpc) is 3.34. The molecule has 3 unspecified atom stereocenters. The maximum absolute atomic E-state index is 11.5. The zero-order valence-corrected chi connectivity index (χ0v) is 24.2. The molecule has 8 nitrogen and oxygen atoms in total. The second kappa shape index (κ2) is 11.1. The third kappa shape index (κ3) is 5.71. The summed E-state index contributed by atoms with van der Waals surface area (Å²) in [5, 5.41) is 1.32. The summed E-state index contributed by atoms with van der Waals surface area (Å²) in [7, 11) is -3.21. The van der Waals surface area contributed by atoms with Crippen molar-refractivity contribution >= 4 is 109 Å². The Bertz CT molecular complexity index is 1330. The number of benzene rings is 1. The molecule has 0 radical (unpaired) electrons. The van der Waals surface area contributed by atoms with Gasteiger partial charge in [0.25, 0.3) is 0 Å². The Morgan fingerprint density at radius 3 is 2.79 bits per heavy atom. The normalized spacial score (nSPS) is 14.7. The molecule has 0 spiro atoms. The minimum absolute atomic E-state index is 0.0271. The first-order valence-electron chi connectivity index (χ1n) is 9.59. The summed E-state index contributed by atoms with van der Waals surface area (Å²) in [4.78, 5) is 27.6. The van der Waals surface area contributed by atoms with Crippen molar-refractivity contribution in [3.05, 3.63) is 29.5 Å². The van der Waals surface area contributed by atoms with Crippen LogP contribution in [0.25, 0.3) is 21.4 Å². The Labute approximate surface area is 221 Å². The topological polar surface area (TPSA) is 103 Å². The summed E-state index contributed by atoms with van der Waals surface area (Å²) < 4.78 is 21.3. The number of rotatable bonds is 10. The van der Waals surface area contributed by atoms with Gasteiger partial charge in [-0.2, -0.15) is 0 Å². The summed E-state index contributed by atoms with van der Waals surface area (Å²) in [6.07, 6.45) is 2.18. The Morgan fingerprint density at radius 1 is 1.27 bits per heavy atom. The van der Waals surface area contributed by atoms with Crippen LogP contribution in [-0.4, -0.2) is 63.6 Å². The van der Waals surface area contributed by atoms with Gasteiger partial charge in [-0.15, -0.1) is 0 Å². The van der Waals surface area contributed by atoms with Gasteiger partial charge in [-0.05, 0) is 0 Å². The Hall–Kier alpha value is -0.412. The molecule has 0 aliphatic carbocycles. The van der Waals surface area contributed by atoms with Gasteiger partial charge in [0.1, 0.15) is 0 Å². The van der Waals surface area contributed by atoms with Crippen LogP contribution in [0.2, 0.25) is 5.02 Å². The van der Waals surface area contributed by atoms with Gasteiger partial charge in [0, 0.05) is 0 Å². The fraction of sp³-hybridized carbons (Fsp3) is 0.333. The second-order valence-corrected chi connectivity index (χ2v) is 12.2. The molecule has 0 saturated carbocycles. The average molecular weight is 629 g/mol. The monoisotopic (exact) mass is 627 g/mol. The number of halogens is 3. The van der Waals surface area contributed by atoms with Crippen molar-refractivity contribution in [2.45, 2.75) is 34.5 Å². The molecular weight excluding hydrogens is 611 g/mol. The van der Waals surface area contributed by atoms with Crippen LogP contribution in [0.4, 0.5) is 0 Å². The van der Waals surface area contributed by atoms with Gasteiger partial charge in [0.15, 0.2) is 0 Å². The summed E-state index contributed by atoms with van der Waals surface area (Å²) >= 11 is 22.7. The number of nitrogens with zero attached hydrogens (tertiary/aromatic N) is 5. The SMILES string of the molecule is O=[PH](O)OC(CCl)(CCCl)CCn1c(Sc2nc3cccc(Cl)c3s2)nc2c([AsH2])ncnc21. The molecule has 33 heavy (non-hydrogen) atoms. The van der Waals surface area contributed by atoms with E-state index in [1.807, 2.05) is 22.8 Å². The molecule has 4 rings (SSSR count). The van der Waals surface area contributed by atoms with Crippen LogP contribution in [0.1, 0.15) is 12.8 Å². The quantitative estimate of drug-likeness (QED) is 0.160. The molecule has 0 bridgehead atoms. The van der Waals surface area contributed by atoms with E-state index < -0.39 is 13.9 Å². The molecule has 3 aromatic heterocycles. The standard InChI is InChI=1S/C18H18AsCl3N5O3PS2/c19-14-12-15(24-9-23-14)27(7-5-18(8-21,4-6-20)30-31(28)29)16(26-12)33-17-25-11-3-1-2-10(22)13(11)32-17/h1-3,9,31H,4-8,19H2,(H,28,29). The molecule has 1 N–H and O–H groups in total. The first kappa shape index (κ1) is 25.7. The van der Waals surface area contributed by atoms with E-state index >= 15 is 0 Å². The fourth-order valence-corrected chi connectivity index (χ4v) is 7.59. The first-order chi connectivity index (χ1) is 15.9. The van der Waals surface area contributed by atoms with E-state index in [0.29, 0.717) is 40.7 Å². The molecule has 3 atom stereocenters. The molecule has 4 aromatic rings. The molecule has 176 valence electrons. The first-order valence-corrected chi connectivity index (χ1v) is 15.1. The van der Waals surface area contributed by atoms with Crippen LogP contribution in [0.3, 0.4) is 0 Å². The Balaban J connectivity index is 1.72. The van der Waals surface area contributed by atoms with E-state index in [0.717, 1.165) is 19.0 Å². The molecule has 3 heterocycles. The van der Waals surface area contributed by atoms with Gasteiger partial charge in [0.05, 0.1) is 0 Å². The van der Waals surface area contributed by atoms with Gasteiger partial charge in [-0.3, -0.25) is 0 Å². The Morgan fingerprint density at radius 2 is 2.09 bits per heavy atom. The van der Waals surface area contributed by atoms with Crippen LogP contribution in [0.5, 0.6) is 0 Å². The van der Waals surface area contributed by atoms with Gasteiger partial charge in [-0.25, -0.2) is 0 Å².